The zero-order valence-electron chi connectivity index (χ0n) is 13.2. The van der Waals surface area contributed by atoms with E-state index in [0.29, 0.717) is 18.9 Å². The maximum atomic E-state index is 13.0. The lowest BCUT2D eigenvalue weighted by molar-refractivity contribution is -0.142. The van der Waals surface area contributed by atoms with Crippen molar-refractivity contribution < 1.29 is 36.2 Å². The highest BCUT2D eigenvalue weighted by Gasteiger charge is 2.54. The summed E-state index contributed by atoms with van der Waals surface area (Å²) in [6, 6.07) is 1.07. The topological polar surface area (TPSA) is 83.9 Å². The first kappa shape index (κ1) is 18.0. The molecule has 2 bridgehead atoms. The van der Waals surface area contributed by atoms with E-state index in [0.717, 1.165) is 23.5 Å². The van der Waals surface area contributed by atoms with Crippen LogP contribution in [0.2, 0.25) is 0 Å². The lowest BCUT2D eigenvalue weighted by Gasteiger charge is -2.23. The van der Waals surface area contributed by atoms with Crippen molar-refractivity contribution >= 4 is 16.0 Å². The number of ether oxygens (including phenoxy) is 1. The number of carboxylic acid groups (broad SMARTS) is 1. The van der Waals surface area contributed by atoms with Gasteiger partial charge in [0.25, 0.3) is 0 Å². The molecule has 10 heteroatoms. The van der Waals surface area contributed by atoms with Crippen LogP contribution in [0.4, 0.5) is 13.2 Å². The van der Waals surface area contributed by atoms with E-state index in [9.17, 15) is 31.5 Å². The normalized spacial score (nSPS) is 26.8. The number of fused-ring (bicyclic) bond motifs is 2. The van der Waals surface area contributed by atoms with Crippen molar-refractivity contribution in [1.29, 1.82) is 0 Å². The summed E-state index contributed by atoms with van der Waals surface area (Å²) in [5.41, 5.74) is -1.13. The summed E-state index contributed by atoms with van der Waals surface area (Å²) >= 11 is 0. The van der Waals surface area contributed by atoms with Gasteiger partial charge in [-0.1, -0.05) is 0 Å². The zero-order chi connectivity index (χ0) is 18.6. The summed E-state index contributed by atoms with van der Waals surface area (Å²) in [5, 5.41) is 9.23. The van der Waals surface area contributed by atoms with Crippen LogP contribution < -0.4 is 4.74 Å². The number of rotatable bonds is 4. The fraction of sp³-hybridized carbons (Fsp3) is 0.533. The molecule has 0 spiro atoms. The van der Waals surface area contributed by atoms with Gasteiger partial charge in [0, 0.05) is 18.2 Å². The van der Waals surface area contributed by atoms with E-state index in [1.165, 1.54) is 0 Å². The minimum atomic E-state index is -4.73. The third-order valence-corrected chi connectivity index (χ3v) is 6.76. The van der Waals surface area contributed by atoms with Crippen LogP contribution >= 0.6 is 0 Å². The largest absolute Gasteiger partial charge is 0.497 e. The van der Waals surface area contributed by atoms with E-state index in [1.807, 2.05) is 0 Å². The Morgan fingerprint density at radius 1 is 1.28 bits per heavy atom. The van der Waals surface area contributed by atoms with Crippen LogP contribution in [-0.2, 0) is 21.0 Å². The van der Waals surface area contributed by atoms with Gasteiger partial charge >= 0.3 is 12.1 Å². The molecule has 2 aliphatic heterocycles. The van der Waals surface area contributed by atoms with Crippen molar-refractivity contribution in [3.8, 4) is 5.75 Å². The smallest absolute Gasteiger partial charge is 0.416 e. The number of halogens is 3. The number of alkyl halides is 3. The number of nitrogens with zero attached hydrogens (tertiary/aromatic N) is 1. The van der Waals surface area contributed by atoms with Gasteiger partial charge in [-0.3, -0.25) is 4.79 Å². The van der Waals surface area contributed by atoms with E-state index < -0.39 is 50.6 Å². The van der Waals surface area contributed by atoms with Gasteiger partial charge in [0.2, 0.25) is 10.0 Å². The van der Waals surface area contributed by atoms with Crippen molar-refractivity contribution in [2.45, 2.75) is 42.4 Å². The number of aliphatic carboxylic acids is 1. The molecule has 2 fully saturated rings. The molecule has 138 valence electrons. The third-order valence-electron chi connectivity index (χ3n) is 4.81. The number of methoxy groups -OCH3 is 1. The van der Waals surface area contributed by atoms with E-state index in [1.54, 1.807) is 0 Å². The highest BCUT2D eigenvalue weighted by molar-refractivity contribution is 7.89. The second-order valence-corrected chi connectivity index (χ2v) is 8.05. The van der Waals surface area contributed by atoms with Gasteiger partial charge in [0.05, 0.1) is 23.5 Å². The number of carboxylic acids is 1. The molecular weight excluding hydrogens is 363 g/mol. The van der Waals surface area contributed by atoms with Crippen LogP contribution in [0.25, 0.3) is 0 Å². The molecule has 2 heterocycles. The molecule has 3 unspecified atom stereocenters. The predicted molar refractivity (Wildman–Crippen MR) is 79.6 cm³/mol. The molecule has 3 atom stereocenters. The van der Waals surface area contributed by atoms with Gasteiger partial charge in [-0.15, -0.1) is 0 Å². The Morgan fingerprint density at radius 3 is 2.48 bits per heavy atom. The molecule has 0 aromatic heterocycles. The van der Waals surface area contributed by atoms with Gasteiger partial charge < -0.3 is 9.84 Å². The van der Waals surface area contributed by atoms with Crippen LogP contribution in [0.3, 0.4) is 0 Å². The summed E-state index contributed by atoms with van der Waals surface area (Å²) in [4.78, 5) is 10.8. The fourth-order valence-electron chi connectivity index (χ4n) is 3.70. The maximum Gasteiger partial charge on any atom is 0.416 e. The van der Waals surface area contributed by atoms with E-state index in [4.69, 9.17) is 4.74 Å². The quantitative estimate of drug-likeness (QED) is 0.868. The molecule has 0 radical (unpaired) electrons. The average Bonchev–Trinajstić information content (AvgIpc) is 3.12. The van der Waals surface area contributed by atoms with Crippen molar-refractivity contribution in [1.82, 2.24) is 4.31 Å². The summed E-state index contributed by atoms with van der Waals surface area (Å²) in [6.07, 6.45) is -3.66. The first-order valence-electron chi connectivity index (χ1n) is 7.58. The summed E-state index contributed by atoms with van der Waals surface area (Å²) < 4.78 is 70.8. The minimum absolute atomic E-state index is 0.176. The Kier molecular flexibility index (Phi) is 4.23. The monoisotopic (exact) mass is 379 g/mol. The third kappa shape index (κ3) is 2.97. The average molecular weight is 379 g/mol. The van der Waals surface area contributed by atoms with Crippen molar-refractivity contribution in [2.75, 3.05) is 7.11 Å². The molecule has 0 saturated carbocycles. The number of hydrogen-bond donors (Lipinski definition) is 1. The summed E-state index contributed by atoms with van der Waals surface area (Å²) in [5.74, 6) is -2.15. The van der Waals surface area contributed by atoms with Crippen LogP contribution in [0.5, 0.6) is 5.75 Å². The van der Waals surface area contributed by atoms with Gasteiger partial charge in [-0.25, -0.2) is 8.42 Å². The Morgan fingerprint density at radius 2 is 1.96 bits per heavy atom. The molecule has 1 aromatic rings. The van der Waals surface area contributed by atoms with Crippen LogP contribution in [-0.4, -0.2) is 43.0 Å². The van der Waals surface area contributed by atoms with Crippen molar-refractivity contribution in [2.24, 2.45) is 5.92 Å². The Labute approximate surface area is 142 Å². The Bertz CT molecular complexity index is 808. The molecule has 25 heavy (non-hydrogen) atoms. The maximum absolute atomic E-state index is 13.0. The van der Waals surface area contributed by atoms with Gasteiger partial charge in [-0.05, 0) is 31.4 Å². The molecule has 6 nitrogen and oxygen atoms in total. The molecule has 1 aromatic carbocycles. The molecule has 1 N–H and O–H groups in total. The SMILES string of the molecule is COc1cc(C(F)(F)F)cc(S(=O)(=O)N2C3CCC2C(C(=O)O)C3)c1. The second-order valence-electron chi connectivity index (χ2n) is 6.21. The summed E-state index contributed by atoms with van der Waals surface area (Å²) in [6.45, 7) is 0. The van der Waals surface area contributed by atoms with Crippen molar-refractivity contribution in [3.63, 3.8) is 0 Å². The standard InChI is InChI=1S/C15H16F3NO5S/c1-24-10-4-8(15(16,17)18)5-11(7-10)25(22,23)19-9-2-3-13(19)12(6-9)14(20)21/h4-5,7,9,12-13H,2-3,6H2,1H3,(H,20,21). The second kappa shape index (κ2) is 5.87. The fourth-order valence-corrected chi connectivity index (χ4v) is 5.68. The molecule has 0 aliphatic carbocycles. The first-order valence-corrected chi connectivity index (χ1v) is 9.02. The molecule has 2 saturated heterocycles. The zero-order valence-corrected chi connectivity index (χ0v) is 14.0. The molecule has 0 amide bonds. The summed E-state index contributed by atoms with van der Waals surface area (Å²) in [7, 11) is -3.12. The van der Waals surface area contributed by atoms with Crippen LogP contribution in [0.1, 0.15) is 24.8 Å². The predicted octanol–water partition coefficient (Wildman–Crippen LogP) is 2.34. The minimum Gasteiger partial charge on any atom is -0.497 e. The Balaban J connectivity index is 2.05. The van der Waals surface area contributed by atoms with E-state index in [2.05, 4.69) is 0 Å². The number of carbonyl (C=O) groups is 1. The number of benzene rings is 1. The van der Waals surface area contributed by atoms with Gasteiger partial charge in [0.15, 0.2) is 0 Å². The molecule has 3 rings (SSSR count). The lowest BCUT2D eigenvalue weighted by atomic mass is 9.89. The Hall–Kier alpha value is -1.81. The van der Waals surface area contributed by atoms with E-state index in [-0.39, 0.29) is 12.2 Å². The first-order chi connectivity index (χ1) is 11.6. The van der Waals surface area contributed by atoms with Crippen LogP contribution in [0, 0.1) is 5.92 Å². The number of sulfonamides is 1. The highest BCUT2D eigenvalue weighted by atomic mass is 32.2. The van der Waals surface area contributed by atoms with Gasteiger partial charge in [0.1, 0.15) is 5.75 Å². The lowest BCUT2D eigenvalue weighted by Crippen LogP contribution is -2.37. The molecule has 2 aliphatic rings. The van der Waals surface area contributed by atoms with Gasteiger partial charge in [-0.2, -0.15) is 17.5 Å². The van der Waals surface area contributed by atoms with Crippen LogP contribution in [0.15, 0.2) is 23.1 Å². The van der Waals surface area contributed by atoms with Crippen molar-refractivity contribution in [3.05, 3.63) is 23.8 Å². The number of hydrogen-bond acceptors (Lipinski definition) is 4. The molecular formula is C15H16F3NO5S. The highest BCUT2D eigenvalue weighted by Crippen LogP contribution is 2.45. The van der Waals surface area contributed by atoms with E-state index >= 15 is 0 Å².